The van der Waals surface area contributed by atoms with Crippen molar-refractivity contribution >= 4 is 60.0 Å². The van der Waals surface area contributed by atoms with Crippen molar-refractivity contribution in [2.75, 3.05) is 0 Å². The molecule has 0 aliphatic carbocycles. The van der Waals surface area contributed by atoms with E-state index in [9.17, 15) is 4.79 Å². The lowest BCUT2D eigenvalue weighted by atomic mass is 10.2. The average molecular weight is 428 g/mol. The van der Waals surface area contributed by atoms with Gasteiger partial charge >= 0.3 is 0 Å². The van der Waals surface area contributed by atoms with Crippen molar-refractivity contribution in [3.05, 3.63) is 49.3 Å². The van der Waals surface area contributed by atoms with Gasteiger partial charge in [-0.3, -0.25) is 4.79 Å². The molecule has 0 amide bonds. The third kappa shape index (κ3) is 2.84. The van der Waals surface area contributed by atoms with Crippen molar-refractivity contribution in [3.8, 4) is 0 Å². The Morgan fingerprint density at radius 2 is 2.10 bits per heavy atom. The van der Waals surface area contributed by atoms with Gasteiger partial charge in [0.1, 0.15) is 5.82 Å². The van der Waals surface area contributed by atoms with Crippen LogP contribution in [0.3, 0.4) is 0 Å². The lowest BCUT2D eigenvalue weighted by molar-refractivity contribution is 0.0972. The van der Waals surface area contributed by atoms with E-state index in [1.165, 1.54) is 11.3 Å². The first-order chi connectivity index (χ1) is 10.1. The van der Waals surface area contributed by atoms with Crippen LogP contribution in [-0.4, -0.2) is 15.3 Å². The first-order valence-corrected chi connectivity index (χ1v) is 8.92. The van der Waals surface area contributed by atoms with Crippen LogP contribution < -0.4 is 0 Å². The molecule has 3 rings (SSSR count). The molecule has 2 aromatic heterocycles. The summed E-state index contributed by atoms with van der Waals surface area (Å²) in [5.41, 5.74) is 2.66. The van der Waals surface area contributed by atoms with Crippen molar-refractivity contribution in [3.63, 3.8) is 0 Å². The van der Waals surface area contributed by atoms with Gasteiger partial charge in [-0.15, -0.1) is 11.3 Å². The molecule has 0 aliphatic rings. The van der Waals surface area contributed by atoms with E-state index in [4.69, 9.17) is 0 Å². The average Bonchev–Trinajstić information content (AvgIpc) is 2.99. The van der Waals surface area contributed by atoms with E-state index >= 15 is 0 Å². The maximum atomic E-state index is 12.6. The molecule has 108 valence electrons. The highest BCUT2D eigenvalue weighted by Crippen LogP contribution is 2.32. The second kappa shape index (κ2) is 6.02. The second-order valence-electron chi connectivity index (χ2n) is 4.62. The molecule has 1 aromatic carbocycles. The fourth-order valence-electron chi connectivity index (χ4n) is 2.33. The normalized spacial score (nSPS) is 11.2. The number of fused-ring (bicyclic) bond motifs is 1. The Morgan fingerprint density at radius 3 is 2.76 bits per heavy atom. The van der Waals surface area contributed by atoms with E-state index in [0.717, 1.165) is 30.9 Å². The third-order valence-electron chi connectivity index (χ3n) is 3.31. The zero-order chi connectivity index (χ0) is 15.0. The van der Waals surface area contributed by atoms with Gasteiger partial charge in [-0.1, -0.05) is 19.1 Å². The quantitative estimate of drug-likeness (QED) is 0.545. The molecule has 2 heterocycles. The molecule has 3 aromatic rings. The first-order valence-electron chi connectivity index (χ1n) is 6.52. The van der Waals surface area contributed by atoms with Crippen molar-refractivity contribution < 1.29 is 4.79 Å². The minimum absolute atomic E-state index is 0.0849. The van der Waals surface area contributed by atoms with E-state index < -0.39 is 0 Å². The molecule has 3 nitrogen and oxygen atoms in total. The van der Waals surface area contributed by atoms with Crippen LogP contribution in [0.15, 0.2) is 37.9 Å². The van der Waals surface area contributed by atoms with E-state index in [2.05, 4.69) is 43.8 Å². The summed E-state index contributed by atoms with van der Waals surface area (Å²) < 4.78 is 3.82. The monoisotopic (exact) mass is 426 g/mol. The SMILES string of the molecule is CCc1nc2ccccc2n1CC(=O)c1cc(Br)sc1Br. The standard InChI is InChI=1S/C15H12Br2N2OS/c1-2-14-18-10-5-3-4-6-11(10)19(14)8-12(20)9-7-13(16)21-15(9)17/h3-7H,2,8H2,1H3. The van der Waals surface area contributed by atoms with Crippen LogP contribution in [0.4, 0.5) is 0 Å². The summed E-state index contributed by atoms with van der Waals surface area (Å²) in [6, 6.07) is 9.79. The Morgan fingerprint density at radius 1 is 1.33 bits per heavy atom. The number of hydrogen-bond acceptors (Lipinski definition) is 3. The lowest BCUT2D eigenvalue weighted by Gasteiger charge is -2.07. The highest BCUT2D eigenvalue weighted by atomic mass is 79.9. The number of para-hydroxylation sites is 2. The summed E-state index contributed by atoms with van der Waals surface area (Å²) in [6.07, 6.45) is 0.802. The number of carbonyl (C=O) groups excluding carboxylic acids is 1. The second-order valence-corrected chi connectivity index (χ2v) is 8.37. The molecule has 0 unspecified atom stereocenters. The van der Waals surface area contributed by atoms with Gasteiger partial charge in [-0.25, -0.2) is 4.98 Å². The first kappa shape index (κ1) is 14.9. The zero-order valence-electron chi connectivity index (χ0n) is 11.3. The topological polar surface area (TPSA) is 34.9 Å². The summed E-state index contributed by atoms with van der Waals surface area (Å²) in [7, 11) is 0. The lowest BCUT2D eigenvalue weighted by Crippen LogP contribution is -2.12. The number of nitrogens with zero attached hydrogens (tertiary/aromatic N) is 2. The number of halogens is 2. The van der Waals surface area contributed by atoms with E-state index in [-0.39, 0.29) is 5.78 Å². The number of carbonyl (C=O) groups is 1. The summed E-state index contributed by atoms with van der Waals surface area (Å²) >= 11 is 8.38. The molecule has 0 bridgehead atoms. The maximum absolute atomic E-state index is 12.6. The molecular formula is C15H12Br2N2OS. The minimum Gasteiger partial charge on any atom is -0.320 e. The van der Waals surface area contributed by atoms with Crippen LogP contribution in [0.2, 0.25) is 0 Å². The molecule has 0 N–H and O–H groups in total. The van der Waals surface area contributed by atoms with Crippen LogP contribution in [0.25, 0.3) is 11.0 Å². The summed E-state index contributed by atoms with van der Waals surface area (Å²) in [5.74, 6) is 1.02. The third-order valence-corrected chi connectivity index (χ3v) is 5.65. The van der Waals surface area contributed by atoms with Crippen molar-refractivity contribution in [1.29, 1.82) is 0 Å². The van der Waals surface area contributed by atoms with Crippen LogP contribution in [0, 0.1) is 0 Å². The number of rotatable bonds is 4. The van der Waals surface area contributed by atoms with Crippen LogP contribution in [-0.2, 0) is 13.0 Å². The molecular weight excluding hydrogens is 416 g/mol. The largest absolute Gasteiger partial charge is 0.320 e. The number of ketones is 1. The van der Waals surface area contributed by atoms with E-state index in [1.807, 2.05) is 34.9 Å². The predicted molar refractivity (Wildman–Crippen MR) is 93.2 cm³/mol. The Labute approximate surface area is 143 Å². The number of aryl methyl sites for hydroxylation is 1. The molecule has 0 fully saturated rings. The van der Waals surface area contributed by atoms with Gasteiger partial charge in [-0.2, -0.15) is 0 Å². The molecule has 6 heteroatoms. The highest BCUT2D eigenvalue weighted by molar-refractivity contribution is 9.12. The molecule has 0 radical (unpaired) electrons. The van der Waals surface area contributed by atoms with Gasteiger partial charge in [0.25, 0.3) is 0 Å². The molecule has 0 atom stereocenters. The van der Waals surface area contributed by atoms with Gasteiger partial charge in [-0.05, 0) is 50.1 Å². The van der Waals surface area contributed by atoms with Crippen molar-refractivity contribution in [2.45, 2.75) is 19.9 Å². The number of benzene rings is 1. The van der Waals surface area contributed by atoms with Crippen LogP contribution >= 0.6 is 43.2 Å². The fourth-order valence-corrected chi connectivity index (χ4v) is 5.19. The van der Waals surface area contributed by atoms with Gasteiger partial charge in [0.2, 0.25) is 0 Å². The Kier molecular flexibility index (Phi) is 4.28. The number of thiophene rings is 1. The summed E-state index contributed by atoms with van der Waals surface area (Å²) in [5, 5.41) is 0. The molecule has 0 aliphatic heterocycles. The van der Waals surface area contributed by atoms with Crippen LogP contribution in [0.1, 0.15) is 23.1 Å². The Balaban J connectivity index is 2.01. The number of hydrogen-bond donors (Lipinski definition) is 0. The number of Topliss-reactive ketones (excluding diaryl/α,β-unsaturated/α-hetero) is 1. The van der Waals surface area contributed by atoms with Crippen LogP contribution in [0.5, 0.6) is 0 Å². The minimum atomic E-state index is 0.0849. The maximum Gasteiger partial charge on any atom is 0.184 e. The molecule has 0 saturated heterocycles. The number of aromatic nitrogens is 2. The summed E-state index contributed by atoms with van der Waals surface area (Å²) in [4.78, 5) is 17.2. The smallest absolute Gasteiger partial charge is 0.184 e. The highest BCUT2D eigenvalue weighted by Gasteiger charge is 2.17. The Bertz CT molecular complexity index is 822. The molecule has 0 saturated carbocycles. The summed E-state index contributed by atoms with van der Waals surface area (Å²) in [6.45, 7) is 2.37. The van der Waals surface area contributed by atoms with Gasteiger partial charge in [0.15, 0.2) is 5.78 Å². The molecule has 0 spiro atoms. The van der Waals surface area contributed by atoms with Crippen molar-refractivity contribution in [1.82, 2.24) is 9.55 Å². The van der Waals surface area contributed by atoms with E-state index in [0.29, 0.717) is 12.1 Å². The van der Waals surface area contributed by atoms with Gasteiger partial charge in [0, 0.05) is 12.0 Å². The predicted octanol–water partition coefficient (Wildman–Crippen LogP) is 5.07. The van der Waals surface area contributed by atoms with Crippen molar-refractivity contribution in [2.24, 2.45) is 0 Å². The Hall–Kier alpha value is -0.980. The molecule has 21 heavy (non-hydrogen) atoms. The van der Waals surface area contributed by atoms with Gasteiger partial charge < -0.3 is 4.57 Å². The van der Waals surface area contributed by atoms with E-state index in [1.54, 1.807) is 0 Å². The zero-order valence-corrected chi connectivity index (χ0v) is 15.3. The number of imidazole rings is 1. The van der Waals surface area contributed by atoms with Gasteiger partial charge in [0.05, 0.1) is 25.2 Å². The fraction of sp³-hybridized carbons (Fsp3) is 0.200.